The van der Waals surface area contributed by atoms with Crippen LogP contribution in [0.15, 0.2) is 21.5 Å². The van der Waals surface area contributed by atoms with Gasteiger partial charge in [0.25, 0.3) is 17.9 Å². The standard InChI is InChI=1S/C10H11BrF2N2O2/c1-2-15-5-6(11)3-7(10(15)17)9(16)14-4-8(12)13/h3,5,8H,2,4H2,1H3,(H,14,16). The van der Waals surface area contributed by atoms with E-state index in [4.69, 9.17) is 0 Å². The number of pyridine rings is 1. The topological polar surface area (TPSA) is 51.1 Å². The largest absolute Gasteiger partial charge is 0.346 e. The first-order valence-electron chi connectivity index (χ1n) is 4.92. The highest BCUT2D eigenvalue weighted by Gasteiger charge is 2.14. The van der Waals surface area contributed by atoms with Gasteiger partial charge in [-0.2, -0.15) is 0 Å². The molecule has 0 aliphatic rings. The van der Waals surface area contributed by atoms with Gasteiger partial charge >= 0.3 is 0 Å². The van der Waals surface area contributed by atoms with E-state index in [1.165, 1.54) is 16.8 Å². The lowest BCUT2D eigenvalue weighted by Crippen LogP contribution is -2.35. The van der Waals surface area contributed by atoms with Crippen LogP contribution < -0.4 is 10.9 Å². The van der Waals surface area contributed by atoms with Gasteiger partial charge in [-0.25, -0.2) is 8.78 Å². The monoisotopic (exact) mass is 308 g/mol. The molecule has 0 unspecified atom stereocenters. The van der Waals surface area contributed by atoms with Crippen molar-refractivity contribution in [2.24, 2.45) is 0 Å². The zero-order chi connectivity index (χ0) is 13.0. The van der Waals surface area contributed by atoms with Gasteiger partial charge in [-0.3, -0.25) is 9.59 Å². The predicted octanol–water partition coefficient (Wildman–Crippen LogP) is 1.63. The molecule has 1 aromatic rings. The number of amides is 1. The van der Waals surface area contributed by atoms with Gasteiger partial charge in [-0.15, -0.1) is 0 Å². The van der Waals surface area contributed by atoms with Crippen molar-refractivity contribution in [1.29, 1.82) is 0 Å². The van der Waals surface area contributed by atoms with Crippen molar-refractivity contribution in [3.8, 4) is 0 Å². The van der Waals surface area contributed by atoms with Crippen LogP contribution in [0.5, 0.6) is 0 Å². The molecule has 4 nitrogen and oxygen atoms in total. The summed E-state index contributed by atoms with van der Waals surface area (Å²) >= 11 is 3.15. The zero-order valence-corrected chi connectivity index (χ0v) is 10.6. The Labute approximate surface area is 105 Å². The van der Waals surface area contributed by atoms with Crippen molar-refractivity contribution in [3.05, 3.63) is 32.7 Å². The highest BCUT2D eigenvalue weighted by molar-refractivity contribution is 9.10. The quantitative estimate of drug-likeness (QED) is 0.919. The molecule has 0 saturated carbocycles. The average Bonchev–Trinajstić information content (AvgIpc) is 2.28. The third-order valence-electron chi connectivity index (χ3n) is 2.05. The van der Waals surface area contributed by atoms with Crippen LogP contribution in [0.2, 0.25) is 0 Å². The zero-order valence-electron chi connectivity index (χ0n) is 9.04. The molecule has 1 N–H and O–H groups in total. The second-order valence-corrected chi connectivity index (χ2v) is 4.18. The van der Waals surface area contributed by atoms with E-state index >= 15 is 0 Å². The number of nitrogens with one attached hydrogen (secondary N) is 1. The first-order valence-corrected chi connectivity index (χ1v) is 5.71. The number of nitrogens with zero attached hydrogens (tertiary/aromatic N) is 1. The molecule has 0 atom stereocenters. The summed E-state index contributed by atoms with van der Waals surface area (Å²) in [5.41, 5.74) is -0.649. The van der Waals surface area contributed by atoms with E-state index in [-0.39, 0.29) is 5.56 Å². The summed E-state index contributed by atoms with van der Waals surface area (Å²) < 4.78 is 25.7. The Morgan fingerprint density at radius 3 is 2.76 bits per heavy atom. The van der Waals surface area contributed by atoms with E-state index in [1.807, 2.05) is 5.32 Å². The minimum absolute atomic E-state index is 0.151. The third kappa shape index (κ3) is 3.62. The van der Waals surface area contributed by atoms with Crippen LogP contribution in [0, 0.1) is 0 Å². The Morgan fingerprint density at radius 1 is 1.59 bits per heavy atom. The fraction of sp³-hybridized carbons (Fsp3) is 0.400. The molecule has 0 radical (unpaired) electrons. The molecular formula is C10H11BrF2N2O2. The molecule has 1 aromatic heterocycles. The molecule has 0 bridgehead atoms. The fourth-order valence-electron chi connectivity index (χ4n) is 1.26. The van der Waals surface area contributed by atoms with Crippen LogP contribution in [0.4, 0.5) is 8.78 Å². The van der Waals surface area contributed by atoms with Gasteiger partial charge in [-0.05, 0) is 28.9 Å². The van der Waals surface area contributed by atoms with E-state index in [0.29, 0.717) is 11.0 Å². The molecule has 0 saturated heterocycles. The van der Waals surface area contributed by atoms with Crippen molar-refractivity contribution in [3.63, 3.8) is 0 Å². The summed E-state index contributed by atoms with van der Waals surface area (Å²) in [6.45, 7) is 1.37. The van der Waals surface area contributed by atoms with Crippen LogP contribution in [-0.4, -0.2) is 23.4 Å². The second-order valence-electron chi connectivity index (χ2n) is 3.26. The molecule has 94 valence electrons. The number of alkyl halides is 2. The number of rotatable bonds is 4. The lowest BCUT2D eigenvalue weighted by atomic mass is 10.2. The van der Waals surface area contributed by atoms with Crippen molar-refractivity contribution >= 4 is 21.8 Å². The van der Waals surface area contributed by atoms with Crippen LogP contribution in [0.25, 0.3) is 0 Å². The van der Waals surface area contributed by atoms with Crippen molar-refractivity contribution in [2.45, 2.75) is 19.9 Å². The summed E-state index contributed by atoms with van der Waals surface area (Å²) in [5, 5.41) is 1.99. The van der Waals surface area contributed by atoms with Gasteiger partial charge < -0.3 is 9.88 Å². The van der Waals surface area contributed by atoms with Crippen LogP contribution in [0.1, 0.15) is 17.3 Å². The average molecular weight is 309 g/mol. The SMILES string of the molecule is CCn1cc(Br)cc(C(=O)NCC(F)F)c1=O. The van der Waals surface area contributed by atoms with E-state index in [2.05, 4.69) is 15.9 Å². The first kappa shape index (κ1) is 13.8. The highest BCUT2D eigenvalue weighted by atomic mass is 79.9. The summed E-state index contributed by atoms with van der Waals surface area (Å²) in [6, 6.07) is 1.31. The maximum absolute atomic E-state index is 11.9. The lowest BCUT2D eigenvalue weighted by molar-refractivity contribution is 0.0889. The van der Waals surface area contributed by atoms with Crippen LogP contribution in [-0.2, 0) is 6.54 Å². The fourth-order valence-corrected chi connectivity index (χ4v) is 1.74. The molecule has 1 rings (SSSR count). The molecule has 1 heterocycles. The first-order chi connectivity index (χ1) is 7.95. The molecule has 1 amide bonds. The second kappa shape index (κ2) is 5.90. The molecule has 17 heavy (non-hydrogen) atoms. The summed E-state index contributed by atoms with van der Waals surface area (Å²) in [7, 11) is 0. The Hall–Kier alpha value is -1.24. The van der Waals surface area contributed by atoms with Gasteiger partial charge in [0.15, 0.2) is 0 Å². The van der Waals surface area contributed by atoms with Gasteiger partial charge in [0.05, 0.1) is 6.54 Å². The van der Waals surface area contributed by atoms with Gasteiger partial charge in [-0.1, -0.05) is 0 Å². The van der Waals surface area contributed by atoms with E-state index in [1.54, 1.807) is 6.92 Å². The Bertz CT molecular complexity index is 474. The molecule has 0 fully saturated rings. The normalized spacial score (nSPS) is 10.6. The predicted molar refractivity (Wildman–Crippen MR) is 62.4 cm³/mol. The van der Waals surface area contributed by atoms with E-state index in [9.17, 15) is 18.4 Å². The summed E-state index contributed by atoms with van der Waals surface area (Å²) in [6.07, 6.45) is -1.11. The van der Waals surface area contributed by atoms with Crippen LogP contribution >= 0.6 is 15.9 Å². The maximum Gasteiger partial charge on any atom is 0.263 e. The van der Waals surface area contributed by atoms with Crippen LogP contribution in [0.3, 0.4) is 0 Å². The minimum Gasteiger partial charge on any atom is -0.346 e. The molecule has 0 spiro atoms. The molecule has 0 aliphatic heterocycles. The lowest BCUT2D eigenvalue weighted by Gasteiger charge is -2.07. The van der Waals surface area contributed by atoms with E-state index < -0.39 is 24.4 Å². The number of hydrogen-bond acceptors (Lipinski definition) is 2. The van der Waals surface area contributed by atoms with Crippen molar-refractivity contribution in [1.82, 2.24) is 9.88 Å². The Morgan fingerprint density at radius 2 is 2.24 bits per heavy atom. The number of hydrogen-bond donors (Lipinski definition) is 1. The van der Waals surface area contributed by atoms with Gasteiger partial charge in [0.2, 0.25) is 0 Å². The Balaban J connectivity index is 3.01. The smallest absolute Gasteiger partial charge is 0.263 e. The Kier molecular flexibility index (Phi) is 4.80. The number of aryl methyl sites for hydroxylation is 1. The molecule has 7 heteroatoms. The maximum atomic E-state index is 11.9. The third-order valence-corrected chi connectivity index (χ3v) is 2.49. The van der Waals surface area contributed by atoms with Crippen molar-refractivity contribution in [2.75, 3.05) is 6.54 Å². The summed E-state index contributed by atoms with van der Waals surface area (Å²) in [4.78, 5) is 23.2. The number of halogens is 3. The number of carbonyl (C=O) groups excluding carboxylic acids is 1. The van der Waals surface area contributed by atoms with E-state index in [0.717, 1.165) is 0 Å². The number of carbonyl (C=O) groups is 1. The van der Waals surface area contributed by atoms with Gasteiger partial charge in [0, 0.05) is 17.2 Å². The molecular weight excluding hydrogens is 298 g/mol. The highest BCUT2D eigenvalue weighted by Crippen LogP contribution is 2.08. The summed E-state index contributed by atoms with van der Waals surface area (Å²) in [5.74, 6) is -0.793. The molecule has 0 aromatic carbocycles. The van der Waals surface area contributed by atoms with Crippen molar-refractivity contribution < 1.29 is 13.6 Å². The van der Waals surface area contributed by atoms with Gasteiger partial charge in [0.1, 0.15) is 5.56 Å². The minimum atomic E-state index is -2.64. The molecule has 0 aliphatic carbocycles. The number of aromatic nitrogens is 1.